The Morgan fingerprint density at radius 2 is 1.64 bits per heavy atom. The molecule has 2 aliphatic rings. The molecule has 2 heterocycles. The Balaban J connectivity index is 1.33. The van der Waals surface area contributed by atoms with E-state index in [2.05, 4.69) is 15.9 Å². The van der Waals surface area contributed by atoms with E-state index in [0.717, 1.165) is 38.3 Å². The first-order valence-corrected chi connectivity index (χ1v) is 13.2. The highest BCUT2D eigenvalue weighted by Crippen LogP contribution is 2.21. The van der Waals surface area contributed by atoms with Crippen LogP contribution in [0.4, 0.5) is 0 Å². The fraction of sp³-hybridized carbons (Fsp3) is 0.440. The molecule has 1 amide bonds. The number of hydrogen-bond acceptors (Lipinski definition) is 6. The molecule has 8 heteroatoms. The van der Waals surface area contributed by atoms with Crippen LogP contribution in [-0.2, 0) is 27.7 Å². The van der Waals surface area contributed by atoms with E-state index in [4.69, 9.17) is 5.26 Å². The molecule has 2 aliphatic heterocycles. The topological polar surface area (TPSA) is 84.7 Å². The SMILES string of the molecule is N#Cc1ccc(CN2CCN(CC(=O)N(Cc3ccccc3)[C@@H]3CCS(=O)(=O)C3)CC2)cc1. The predicted octanol–water partition coefficient (Wildman–Crippen LogP) is 1.89. The summed E-state index contributed by atoms with van der Waals surface area (Å²) < 4.78 is 24.1. The lowest BCUT2D eigenvalue weighted by Crippen LogP contribution is -2.51. The molecule has 0 radical (unpaired) electrons. The molecule has 7 nitrogen and oxygen atoms in total. The average molecular weight is 467 g/mol. The average Bonchev–Trinajstić information content (AvgIpc) is 3.19. The second-order valence-corrected chi connectivity index (χ2v) is 11.2. The second kappa shape index (κ2) is 10.5. The van der Waals surface area contributed by atoms with E-state index in [1.54, 1.807) is 4.90 Å². The van der Waals surface area contributed by atoms with Gasteiger partial charge in [0.15, 0.2) is 9.84 Å². The van der Waals surface area contributed by atoms with Crippen molar-refractivity contribution in [2.24, 2.45) is 0 Å². The maximum atomic E-state index is 13.3. The highest BCUT2D eigenvalue weighted by Gasteiger charge is 2.35. The highest BCUT2D eigenvalue weighted by molar-refractivity contribution is 7.91. The smallest absolute Gasteiger partial charge is 0.237 e. The van der Waals surface area contributed by atoms with Crippen LogP contribution in [0.2, 0.25) is 0 Å². The number of nitrogens with zero attached hydrogens (tertiary/aromatic N) is 4. The van der Waals surface area contributed by atoms with Crippen LogP contribution < -0.4 is 0 Å². The summed E-state index contributed by atoms with van der Waals surface area (Å²) in [5, 5.41) is 8.94. The standard InChI is InChI=1S/C25H30N4O3S/c26-16-21-6-8-23(9-7-21)17-27-11-13-28(14-12-27)19-25(30)29(18-22-4-2-1-3-5-22)24-10-15-33(31,32)20-24/h1-9,24H,10-15,17-20H2/t24-/m1/s1. The second-order valence-electron chi connectivity index (χ2n) is 8.93. The molecule has 0 unspecified atom stereocenters. The molecular weight excluding hydrogens is 436 g/mol. The fourth-order valence-electron chi connectivity index (χ4n) is 4.55. The Bertz CT molecular complexity index is 1090. The summed E-state index contributed by atoms with van der Waals surface area (Å²) in [6.07, 6.45) is 0.513. The maximum absolute atomic E-state index is 13.3. The van der Waals surface area contributed by atoms with Crippen LogP contribution in [0.25, 0.3) is 0 Å². The van der Waals surface area contributed by atoms with E-state index in [-0.39, 0.29) is 23.5 Å². The van der Waals surface area contributed by atoms with Gasteiger partial charge >= 0.3 is 0 Å². The lowest BCUT2D eigenvalue weighted by molar-refractivity contribution is -0.135. The largest absolute Gasteiger partial charge is 0.333 e. The number of sulfone groups is 1. The number of carbonyl (C=O) groups is 1. The van der Waals surface area contributed by atoms with Crippen molar-refractivity contribution in [2.75, 3.05) is 44.2 Å². The van der Waals surface area contributed by atoms with E-state index in [0.29, 0.717) is 25.1 Å². The van der Waals surface area contributed by atoms with Crippen molar-refractivity contribution in [3.05, 3.63) is 71.3 Å². The lowest BCUT2D eigenvalue weighted by Gasteiger charge is -2.36. The zero-order valence-corrected chi connectivity index (χ0v) is 19.6. The first-order chi connectivity index (χ1) is 15.9. The maximum Gasteiger partial charge on any atom is 0.237 e. The Labute approximate surface area is 196 Å². The van der Waals surface area contributed by atoms with Gasteiger partial charge in [0.1, 0.15) is 0 Å². The third-order valence-electron chi connectivity index (χ3n) is 6.48. The molecule has 174 valence electrons. The summed E-state index contributed by atoms with van der Waals surface area (Å²) in [5.41, 5.74) is 2.86. The van der Waals surface area contributed by atoms with Gasteiger partial charge in [-0.25, -0.2) is 8.42 Å². The summed E-state index contributed by atoms with van der Waals surface area (Å²) >= 11 is 0. The van der Waals surface area contributed by atoms with Crippen LogP contribution in [0.5, 0.6) is 0 Å². The van der Waals surface area contributed by atoms with Crippen LogP contribution in [-0.4, -0.2) is 79.3 Å². The van der Waals surface area contributed by atoms with Gasteiger partial charge in [-0.05, 0) is 29.7 Å². The van der Waals surface area contributed by atoms with Crippen molar-refractivity contribution in [3.63, 3.8) is 0 Å². The van der Waals surface area contributed by atoms with Gasteiger partial charge in [-0.1, -0.05) is 42.5 Å². The van der Waals surface area contributed by atoms with Gasteiger partial charge in [-0.3, -0.25) is 14.6 Å². The van der Waals surface area contributed by atoms with Crippen LogP contribution in [0.3, 0.4) is 0 Å². The molecule has 0 bridgehead atoms. The van der Waals surface area contributed by atoms with Crippen molar-refractivity contribution < 1.29 is 13.2 Å². The van der Waals surface area contributed by atoms with Crippen molar-refractivity contribution in [2.45, 2.75) is 25.6 Å². The minimum atomic E-state index is -3.07. The van der Waals surface area contributed by atoms with Gasteiger partial charge in [-0.2, -0.15) is 5.26 Å². The minimum absolute atomic E-state index is 0.00138. The molecule has 2 aromatic carbocycles. The summed E-state index contributed by atoms with van der Waals surface area (Å²) in [6, 6.07) is 19.3. The van der Waals surface area contributed by atoms with E-state index >= 15 is 0 Å². The zero-order chi connectivity index (χ0) is 23.3. The molecular formula is C25H30N4O3S. The highest BCUT2D eigenvalue weighted by atomic mass is 32.2. The van der Waals surface area contributed by atoms with Gasteiger partial charge in [0.05, 0.1) is 29.7 Å². The molecule has 0 spiro atoms. The molecule has 33 heavy (non-hydrogen) atoms. The van der Waals surface area contributed by atoms with Crippen molar-refractivity contribution in [3.8, 4) is 6.07 Å². The van der Waals surface area contributed by atoms with Crippen LogP contribution >= 0.6 is 0 Å². The number of amides is 1. The number of carbonyl (C=O) groups excluding carboxylic acids is 1. The van der Waals surface area contributed by atoms with Crippen molar-refractivity contribution in [1.29, 1.82) is 5.26 Å². The molecule has 2 saturated heterocycles. The first-order valence-electron chi connectivity index (χ1n) is 11.4. The van der Waals surface area contributed by atoms with Gasteiger partial charge in [-0.15, -0.1) is 0 Å². The number of hydrogen-bond donors (Lipinski definition) is 0. The van der Waals surface area contributed by atoms with E-state index in [1.165, 1.54) is 5.56 Å². The van der Waals surface area contributed by atoms with Crippen molar-refractivity contribution in [1.82, 2.24) is 14.7 Å². The van der Waals surface area contributed by atoms with Gasteiger partial charge in [0, 0.05) is 45.3 Å². The molecule has 0 aliphatic carbocycles. The van der Waals surface area contributed by atoms with E-state index < -0.39 is 9.84 Å². The van der Waals surface area contributed by atoms with Gasteiger partial charge in [0.2, 0.25) is 5.91 Å². The number of rotatable bonds is 7. The molecule has 2 aromatic rings. The fourth-order valence-corrected chi connectivity index (χ4v) is 6.28. The van der Waals surface area contributed by atoms with E-state index in [1.807, 2.05) is 54.6 Å². The molecule has 0 saturated carbocycles. The predicted molar refractivity (Wildman–Crippen MR) is 127 cm³/mol. The normalized spacial score (nSPS) is 20.9. The number of nitriles is 1. The number of benzene rings is 2. The van der Waals surface area contributed by atoms with Gasteiger partial charge in [0.25, 0.3) is 0 Å². The Kier molecular flexibility index (Phi) is 7.43. The molecule has 2 fully saturated rings. The quantitative estimate of drug-likeness (QED) is 0.620. The Morgan fingerprint density at radius 3 is 2.24 bits per heavy atom. The summed E-state index contributed by atoms with van der Waals surface area (Å²) in [4.78, 5) is 19.6. The molecule has 1 atom stereocenters. The summed E-state index contributed by atoms with van der Waals surface area (Å²) in [5.74, 6) is 0.218. The molecule has 0 aromatic heterocycles. The molecule has 4 rings (SSSR count). The van der Waals surface area contributed by atoms with Crippen molar-refractivity contribution >= 4 is 15.7 Å². The Morgan fingerprint density at radius 1 is 0.970 bits per heavy atom. The number of piperazine rings is 1. The molecule has 0 N–H and O–H groups in total. The van der Waals surface area contributed by atoms with Crippen LogP contribution in [0.1, 0.15) is 23.1 Å². The minimum Gasteiger partial charge on any atom is -0.333 e. The van der Waals surface area contributed by atoms with Crippen LogP contribution in [0, 0.1) is 11.3 Å². The first kappa shape index (κ1) is 23.4. The van der Waals surface area contributed by atoms with Crippen LogP contribution in [0.15, 0.2) is 54.6 Å². The summed E-state index contributed by atoms with van der Waals surface area (Å²) in [7, 11) is -3.07. The third-order valence-corrected chi connectivity index (χ3v) is 8.23. The monoisotopic (exact) mass is 466 g/mol. The van der Waals surface area contributed by atoms with E-state index in [9.17, 15) is 13.2 Å². The third kappa shape index (κ3) is 6.41. The lowest BCUT2D eigenvalue weighted by atomic mass is 10.1. The summed E-state index contributed by atoms with van der Waals surface area (Å²) in [6.45, 7) is 4.90. The Hall–Kier alpha value is -2.73. The van der Waals surface area contributed by atoms with Gasteiger partial charge < -0.3 is 4.90 Å². The zero-order valence-electron chi connectivity index (χ0n) is 18.8.